The first-order valence-electron chi connectivity index (χ1n) is 9.57. The van der Waals surface area contributed by atoms with Crippen LogP contribution in [0, 0.1) is 0 Å². The van der Waals surface area contributed by atoms with E-state index >= 15 is 0 Å². The molecule has 0 saturated carbocycles. The Morgan fingerprint density at radius 3 is 1.96 bits per heavy atom. The maximum atomic E-state index is 6.94. The molecule has 0 radical (unpaired) electrons. The van der Waals surface area contributed by atoms with Crippen LogP contribution in [0.3, 0.4) is 0 Å². The minimum Gasteiger partial charge on any atom is -0.413 e. The molecule has 0 heterocycles. The molecule has 4 heteroatoms. The Hall–Kier alpha value is -0.613. The van der Waals surface area contributed by atoms with Gasteiger partial charge in [-0.1, -0.05) is 47.6 Å². The fraction of sp³-hybridized carbons (Fsp3) is 0.850. The van der Waals surface area contributed by atoms with Gasteiger partial charge in [-0.25, -0.2) is 0 Å². The van der Waals surface area contributed by atoms with E-state index in [1.54, 1.807) is 0 Å². The maximum Gasteiger partial charge on any atom is 0.200 e. The normalized spacial score (nSPS) is 14.6. The smallest absolute Gasteiger partial charge is 0.200 e. The molecule has 0 rings (SSSR count). The lowest BCUT2D eigenvalue weighted by atomic mass is 10.1. The second-order valence-electron chi connectivity index (χ2n) is 8.16. The number of hydrogen-bond donors (Lipinski definition) is 0. The molecule has 0 N–H and O–H groups in total. The van der Waals surface area contributed by atoms with E-state index < -0.39 is 8.32 Å². The lowest BCUT2D eigenvalue weighted by molar-refractivity contribution is 0.165. The van der Waals surface area contributed by atoms with Gasteiger partial charge in [-0.05, 0) is 49.2 Å². The Bertz CT molecular complexity index is 367. The summed E-state index contributed by atoms with van der Waals surface area (Å²) < 4.78 is 6.94. The van der Waals surface area contributed by atoms with Gasteiger partial charge in [0.15, 0.2) is 0 Å². The van der Waals surface area contributed by atoms with Gasteiger partial charge in [-0.2, -0.15) is 5.10 Å². The van der Waals surface area contributed by atoms with E-state index in [-0.39, 0.29) is 0 Å². The van der Waals surface area contributed by atoms with Crippen molar-refractivity contribution in [3.8, 4) is 0 Å². The molecule has 0 bridgehead atoms. The molecular formula is C20H42N2OSi. The van der Waals surface area contributed by atoms with E-state index in [0.29, 0.717) is 22.7 Å². The van der Waals surface area contributed by atoms with E-state index in [1.807, 2.05) is 25.2 Å². The van der Waals surface area contributed by atoms with Gasteiger partial charge in [0.2, 0.25) is 8.32 Å². The van der Waals surface area contributed by atoms with Crippen molar-refractivity contribution in [3.05, 3.63) is 12.7 Å². The summed E-state index contributed by atoms with van der Waals surface area (Å²) in [6, 6.07) is 0. The highest BCUT2D eigenvalue weighted by atomic mass is 28.4. The fourth-order valence-electron chi connectivity index (χ4n) is 4.08. The van der Waals surface area contributed by atoms with Crippen molar-refractivity contribution in [1.29, 1.82) is 0 Å². The molecule has 0 saturated heterocycles. The van der Waals surface area contributed by atoms with Crippen LogP contribution in [0.5, 0.6) is 0 Å². The van der Waals surface area contributed by atoms with Crippen LogP contribution >= 0.6 is 0 Å². The third-order valence-electron chi connectivity index (χ3n) is 4.94. The molecule has 0 aromatic carbocycles. The van der Waals surface area contributed by atoms with Gasteiger partial charge in [-0.15, -0.1) is 6.58 Å². The zero-order valence-corrected chi connectivity index (χ0v) is 18.7. The molecule has 1 atom stereocenters. The molecule has 0 aliphatic carbocycles. The molecule has 0 amide bonds. The van der Waals surface area contributed by atoms with Gasteiger partial charge in [-0.3, -0.25) is 0 Å². The van der Waals surface area contributed by atoms with Gasteiger partial charge in [0.1, 0.15) is 0 Å². The van der Waals surface area contributed by atoms with Crippen LogP contribution in [-0.2, 0) is 4.43 Å². The van der Waals surface area contributed by atoms with Crippen molar-refractivity contribution in [2.24, 2.45) is 5.10 Å². The van der Waals surface area contributed by atoms with Crippen molar-refractivity contribution >= 4 is 14.0 Å². The van der Waals surface area contributed by atoms with E-state index in [2.05, 4.69) is 60.1 Å². The summed E-state index contributed by atoms with van der Waals surface area (Å²) in [5.41, 5.74) is 3.07. The number of hydrogen-bond acceptors (Lipinski definition) is 3. The van der Waals surface area contributed by atoms with Crippen LogP contribution in [0.2, 0.25) is 16.6 Å². The van der Waals surface area contributed by atoms with Gasteiger partial charge in [0, 0.05) is 25.9 Å². The first-order chi connectivity index (χ1) is 11.1. The Morgan fingerprint density at radius 1 is 1.08 bits per heavy atom. The summed E-state index contributed by atoms with van der Waals surface area (Å²) in [6.45, 7) is 20.2. The Morgan fingerprint density at radius 2 is 1.58 bits per heavy atom. The largest absolute Gasteiger partial charge is 0.413 e. The minimum absolute atomic E-state index is 0.300. The van der Waals surface area contributed by atoms with E-state index in [4.69, 9.17) is 4.43 Å². The van der Waals surface area contributed by atoms with Gasteiger partial charge < -0.3 is 9.43 Å². The van der Waals surface area contributed by atoms with Crippen molar-refractivity contribution in [2.45, 2.75) is 96.9 Å². The van der Waals surface area contributed by atoms with Gasteiger partial charge in [0.05, 0.1) is 0 Å². The van der Waals surface area contributed by atoms with Crippen molar-refractivity contribution in [2.75, 3.05) is 14.1 Å². The molecule has 0 fully saturated rings. The van der Waals surface area contributed by atoms with Crippen LogP contribution in [-0.4, -0.2) is 39.2 Å². The van der Waals surface area contributed by atoms with E-state index in [0.717, 1.165) is 25.7 Å². The van der Waals surface area contributed by atoms with Gasteiger partial charge in [0.25, 0.3) is 0 Å². The first kappa shape index (κ1) is 23.4. The van der Waals surface area contributed by atoms with Crippen molar-refractivity contribution in [1.82, 2.24) is 5.01 Å². The second-order valence-corrected chi connectivity index (χ2v) is 13.6. The summed E-state index contributed by atoms with van der Waals surface area (Å²) in [7, 11) is 2.13. The Kier molecular flexibility index (Phi) is 10.8. The molecule has 0 aromatic heterocycles. The number of hydrazone groups is 1. The first-order valence-corrected chi connectivity index (χ1v) is 11.7. The van der Waals surface area contributed by atoms with Crippen LogP contribution in [0.15, 0.2) is 17.8 Å². The summed E-state index contributed by atoms with van der Waals surface area (Å²) in [5, 5.41) is 6.35. The van der Waals surface area contributed by atoms with Crippen LogP contribution in [0.4, 0.5) is 0 Å². The molecule has 0 aliphatic heterocycles. The standard InChI is InChI=1S/C20H42N2OSi/c1-11-13-20(15-12-14-19(8)21-22(9)10)23-24(16(2)3,17(4)5)18(6)7/h11,16-18,20H,1,12-15H2,2-10H3/b21-19+/t20-/m0/s1. The number of nitrogens with zero attached hydrogens (tertiary/aromatic N) is 2. The molecule has 0 aromatic rings. The maximum absolute atomic E-state index is 6.94. The molecule has 24 heavy (non-hydrogen) atoms. The molecule has 0 unspecified atom stereocenters. The monoisotopic (exact) mass is 354 g/mol. The van der Waals surface area contributed by atoms with Crippen molar-refractivity contribution < 1.29 is 4.43 Å². The SMILES string of the molecule is C=CC[C@@H](CCC/C(C)=N/N(C)C)O[Si](C(C)C)(C(C)C)C(C)C. The summed E-state index contributed by atoms with van der Waals surface area (Å²) in [6.07, 6.45) is 6.52. The van der Waals surface area contributed by atoms with Crippen LogP contribution < -0.4 is 0 Å². The third kappa shape index (κ3) is 7.10. The fourth-order valence-corrected chi connectivity index (χ4v) is 9.69. The topological polar surface area (TPSA) is 24.8 Å². The molecule has 142 valence electrons. The summed E-state index contributed by atoms with van der Waals surface area (Å²) >= 11 is 0. The Labute approximate surface area is 152 Å². The summed E-state index contributed by atoms with van der Waals surface area (Å²) in [5.74, 6) is 0. The van der Waals surface area contributed by atoms with Crippen LogP contribution in [0.1, 0.15) is 74.1 Å². The summed E-state index contributed by atoms with van der Waals surface area (Å²) in [4.78, 5) is 0. The highest BCUT2D eigenvalue weighted by Crippen LogP contribution is 2.43. The quantitative estimate of drug-likeness (QED) is 0.179. The molecule has 0 spiro atoms. The highest BCUT2D eigenvalue weighted by Gasteiger charge is 2.46. The molecular weight excluding hydrogens is 312 g/mol. The highest BCUT2D eigenvalue weighted by molar-refractivity contribution is 6.77. The second kappa shape index (κ2) is 11.1. The Balaban J connectivity index is 5.00. The van der Waals surface area contributed by atoms with Crippen molar-refractivity contribution in [3.63, 3.8) is 0 Å². The minimum atomic E-state index is -1.82. The predicted octanol–water partition coefficient (Wildman–Crippen LogP) is 6.23. The van der Waals surface area contributed by atoms with E-state index in [9.17, 15) is 0 Å². The number of rotatable bonds is 12. The zero-order chi connectivity index (χ0) is 18.9. The van der Waals surface area contributed by atoms with Crippen LogP contribution in [0.25, 0.3) is 0 Å². The average Bonchev–Trinajstić information content (AvgIpc) is 2.42. The predicted molar refractivity (Wildman–Crippen MR) is 111 cm³/mol. The lowest BCUT2D eigenvalue weighted by Crippen LogP contribution is -2.50. The van der Waals surface area contributed by atoms with Gasteiger partial charge >= 0.3 is 0 Å². The third-order valence-corrected chi connectivity index (χ3v) is 11.1. The lowest BCUT2D eigenvalue weighted by Gasteiger charge is -2.44. The zero-order valence-electron chi connectivity index (χ0n) is 17.7. The molecule has 3 nitrogen and oxygen atoms in total. The van der Waals surface area contributed by atoms with E-state index in [1.165, 1.54) is 5.71 Å². The molecule has 0 aliphatic rings. The average molecular weight is 355 g/mol.